The Bertz CT molecular complexity index is 624. The van der Waals surface area contributed by atoms with Crippen LogP contribution in [0.5, 0.6) is 0 Å². The molecule has 2 heterocycles. The van der Waals surface area contributed by atoms with Crippen LogP contribution in [0.2, 0.25) is 0 Å². The van der Waals surface area contributed by atoms with Crippen molar-refractivity contribution in [3.63, 3.8) is 0 Å². The van der Waals surface area contributed by atoms with Crippen molar-refractivity contribution in [2.75, 3.05) is 18.4 Å². The highest BCUT2D eigenvalue weighted by Crippen LogP contribution is 2.32. The molecule has 4 heteroatoms. The van der Waals surface area contributed by atoms with E-state index in [4.69, 9.17) is 0 Å². The summed E-state index contributed by atoms with van der Waals surface area (Å²) < 4.78 is 0. The van der Waals surface area contributed by atoms with Gasteiger partial charge in [-0.1, -0.05) is 38.3 Å². The molecule has 1 amide bonds. The predicted molar refractivity (Wildman–Crippen MR) is 101 cm³/mol. The van der Waals surface area contributed by atoms with Crippen LogP contribution >= 0.6 is 0 Å². The molecular weight excluding hydrogens is 310 g/mol. The van der Waals surface area contributed by atoms with Crippen molar-refractivity contribution >= 4 is 11.6 Å². The van der Waals surface area contributed by atoms with E-state index in [1.807, 2.05) is 0 Å². The minimum Gasteiger partial charge on any atom is -0.373 e. The fourth-order valence-electron chi connectivity index (χ4n) is 4.88. The Morgan fingerprint density at radius 3 is 2.76 bits per heavy atom. The van der Waals surface area contributed by atoms with Gasteiger partial charge in [-0.05, 0) is 49.4 Å². The first-order valence-electron chi connectivity index (χ1n) is 10.2. The topological polar surface area (TPSA) is 35.6 Å². The highest BCUT2D eigenvalue weighted by atomic mass is 16.2. The van der Waals surface area contributed by atoms with E-state index in [0.29, 0.717) is 11.9 Å². The van der Waals surface area contributed by atoms with E-state index in [0.717, 1.165) is 32.6 Å². The number of amides is 1. The molecule has 136 valence electrons. The van der Waals surface area contributed by atoms with E-state index < -0.39 is 0 Å². The third-order valence-electron chi connectivity index (χ3n) is 6.17. The Labute approximate surface area is 151 Å². The molecule has 1 aromatic carbocycles. The maximum absolute atomic E-state index is 12.9. The van der Waals surface area contributed by atoms with Gasteiger partial charge < -0.3 is 10.2 Å². The molecule has 1 N–H and O–H groups in total. The van der Waals surface area contributed by atoms with Crippen molar-refractivity contribution in [2.24, 2.45) is 0 Å². The molecule has 0 spiro atoms. The van der Waals surface area contributed by atoms with Gasteiger partial charge in [-0.25, -0.2) is 0 Å². The lowest BCUT2D eigenvalue weighted by atomic mass is 9.94. The molecule has 2 fully saturated rings. The van der Waals surface area contributed by atoms with Crippen LogP contribution in [0.1, 0.15) is 63.0 Å². The summed E-state index contributed by atoms with van der Waals surface area (Å²) in [5.41, 5.74) is 4.01. The Morgan fingerprint density at radius 1 is 1.12 bits per heavy atom. The first-order chi connectivity index (χ1) is 12.3. The van der Waals surface area contributed by atoms with Crippen molar-refractivity contribution in [1.29, 1.82) is 0 Å². The number of hydrogen-bond acceptors (Lipinski definition) is 3. The van der Waals surface area contributed by atoms with Crippen LogP contribution in [0, 0.1) is 0 Å². The highest BCUT2D eigenvalue weighted by molar-refractivity contribution is 5.87. The first-order valence-corrected chi connectivity index (χ1v) is 10.2. The average Bonchev–Trinajstić information content (AvgIpc) is 3.20. The zero-order valence-corrected chi connectivity index (χ0v) is 15.5. The van der Waals surface area contributed by atoms with Gasteiger partial charge >= 0.3 is 0 Å². The lowest BCUT2D eigenvalue weighted by molar-refractivity contribution is -0.130. The van der Waals surface area contributed by atoms with Crippen LogP contribution in [0.4, 0.5) is 5.69 Å². The molecule has 1 atom stereocenters. The van der Waals surface area contributed by atoms with Gasteiger partial charge in [0.1, 0.15) is 6.04 Å². The van der Waals surface area contributed by atoms with Gasteiger partial charge in [-0.2, -0.15) is 0 Å². The van der Waals surface area contributed by atoms with Crippen LogP contribution in [-0.2, 0) is 17.9 Å². The molecule has 25 heavy (non-hydrogen) atoms. The summed E-state index contributed by atoms with van der Waals surface area (Å²) in [5, 5.41) is 3.60. The van der Waals surface area contributed by atoms with E-state index in [1.54, 1.807) is 0 Å². The van der Waals surface area contributed by atoms with Gasteiger partial charge in [0.15, 0.2) is 0 Å². The number of nitrogens with zero attached hydrogens (tertiary/aromatic N) is 2. The lowest BCUT2D eigenvalue weighted by Crippen LogP contribution is -2.41. The van der Waals surface area contributed by atoms with Crippen molar-refractivity contribution in [2.45, 2.75) is 77.0 Å². The fourth-order valence-corrected chi connectivity index (χ4v) is 4.88. The summed E-state index contributed by atoms with van der Waals surface area (Å²) in [6.07, 6.45) is 8.44. The van der Waals surface area contributed by atoms with Gasteiger partial charge in [0.2, 0.25) is 5.91 Å². The zero-order valence-electron chi connectivity index (χ0n) is 15.5. The van der Waals surface area contributed by atoms with Gasteiger partial charge in [-0.15, -0.1) is 0 Å². The molecular formula is C21H31N3O. The lowest BCUT2D eigenvalue weighted by Gasteiger charge is -2.31. The predicted octanol–water partition coefficient (Wildman–Crippen LogP) is 3.76. The molecule has 2 aliphatic heterocycles. The third kappa shape index (κ3) is 3.41. The minimum absolute atomic E-state index is 0.0337. The summed E-state index contributed by atoms with van der Waals surface area (Å²) in [4.78, 5) is 17.6. The highest BCUT2D eigenvalue weighted by Gasteiger charge is 2.36. The molecule has 1 unspecified atom stereocenters. The number of carbonyl (C=O) groups is 1. The maximum Gasteiger partial charge on any atom is 0.245 e. The first kappa shape index (κ1) is 16.9. The monoisotopic (exact) mass is 341 g/mol. The number of rotatable bonds is 5. The number of fused-ring (bicyclic) bond motifs is 1. The minimum atomic E-state index is -0.0337. The number of carbonyl (C=O) groups excluding carboxylic acids is 1. The number of anilines is 1. The SMILES string of the molecule is CCCN1Cc2cccc(NC3CCN(C4CCCCC4)C3=O)c2C1. The molecule has 0 bridgehead atoms. The molecule has 0 radical (unpaired) electrons. The summed E-state index contributed by atoms with van der Waals surface area (Å²) in [5.74, 6) is 0.327. The molecule has 4 nitrogen and oxygen atoms in total. The Kier molecular flexibility index (Phi) is 4.98. The number of hydrogen-bond donors (Lipinski definition) is 1. The third-order valence-corrected chi connectivity index (χ3v) is 6.17. The van der Waals surface area contributed by atoms with Crippen LogP contribution in [0.15, 0.2) is 18.2 Å². The van der Waals surface area contributed by atoms with E-state index in [2.05, 4.69) is 40.2 Å². The molecule has 4 rings (SSSR count). The number of nitrogens with one attached hydrogen (secondary N) is 1. The van der Waals surface area contributed by atoms with Crippen molar-refractivity contribution in [3.05, 3.63) is 29.3 Å². The van der Waals surface area contributed by atoms with Crippen LogP contribution in [0.25, 0.3) is 0 Å². The standard InChI is InChI=1S/C21H31N3O/c1-2-12-23-14-16-7-6-10-19(18(16)15-23)22-20-11-13-24(21(20)25)17-8-4-3-5-9-17/h6-7,10,17,20,22H,2-5,8-9,11-15H2,1H3. The molecule has 3 aliphatic rings. The van der Waals surface area contributed by atoms with Gasteiger partial charge in [0.05, 0.1) is 0 Å². The van der Waals surface area contributed by atoms with Crippen LogP contribution in [0.3, 0.4) is 0 Å². The fraction of sp³-hybridized carbons (Fsp3) is 0.667. The summed E-state index contributed by atoms with van der Waals surface area (Å²) in [6, 6.07) is 6.99. The molecule has 1 saturated carbocycles. The van der Waals surface area contributed by atoms with Gasteiger partial charge in [-0.3, -0.25) is 9.69 Å². The van der Waals surface area contributed by atoms with Crippen molar-refractivity contribution < 1.29 is 4.79 Å². The second-order valence-electron chi connectivity index (χ2n) is 7.96. The van der Waals surface area contributed by atoms with Gasteiger partial charge in [0.25, 0.3) is 0 Å². The molecule has 1 saturated heterocycles. The Hall–Kier alpha value is -1.55. The summed E-state index contributed by atoms with van der Waals surface area (Å²) >= 11 is 0. The normalized spacial score (nSPS) is 24.8. The van der Waals surface area contributed by atoms with Gasteiger partial charge in [0, 0.05) is 31.4 Å². The van der Waals surface area contributed by atoms with E-state index in [9.17, 15) is 4.79 Å². The molecule has 1 aliphatic carbocycles. The second-order valence-corrected chi connectivity index (χ2v) is 7.96. The number of benzene rings is 1. The van der Waals surface area contributed by atoms with E-state index in [1.165, 1.54) is 55.3 Å². The molecule has 1 aromatic rings. The Morgan fingerprint density at radius 2 is 1.96 bits per heavy atom. The van der Waals surface area contributed by atoms with Crippen molar-refractivity contribution in [1.82, 2.24) is 9.80 Å². The van der Waals surface area contributed by atoms with Crippen LogP contribution in [-0.4, -0.2) is 40.9 Å². The van der Waals surface area contributed by atoms with Crippen molar-refractivity contribution in [3.8, 4) is 0 Å². The maximum atomic E-state index is 12.9. The Balaban J connectivity index is 1.44. The zero-order chi connectivity index (χ0) is 17.2. The summed E-state index contributed by atoms with van der Waals surface area (Å²) in [7, 11) is 0. The number of likely N-dealkylation sites (tertiary alicyclic amines) is 1. The quantitative estimate of drug-likeness (QED) is 0.886. The van der Waals surface area contributed by atoms with E-state index in [-0.39, 0.29) is 6.04 Å². The second kappa shape index (κ2) is 7.36. The summed E-state index contributed by atoms with van der Waals surface area (Å²) in [6.45, 7) is 6.37. The largest absolute Gasteiger partial charge is 0.373 e. The van der Waals surface area contributed by atoms with E-state index >= 15 is 0 Å². The smallest absolute Gasteiger partial charge is 0.245 e. The molecule has 0 aromatic heterocycles. The average molecular weight is 341 g/mol. The van der Waals surface area contributed by atoms with Crippen LogP contribution < -0.4 is 5.32 Å².